The van der Waals surface area contributed by atoms with Crippen LogP contribution in [-0.4, -0.2) is 198 Å². The molecule has 0 aliphatic carbocycles. The van der Waals surface area contributed by atoms with E-state index in [1.165, 1.54) is 54.4 Å². The number of likely N-dealkylation sites (tertiary alicyclic amines) is 2. The Hall–Kier alpha value is -18.3. The molecule has 3 aliphatic rings. The van der Waals surface area contributed by atoms with E-state index < -0.39 is 35.4 Å². The van der Waals surface area contributed by atoms with Crippen LogP contribution in [0.15, 0.2) is 279 Å². The van der Waals surface area contributed by atoms with Gasteiger partial charge >= 0.3 is 0 Å². The van der Waals surface area contributed by atoms with Crippen molar-refractivity contribution < 1.29 is 47.9 Å². The van der Waals surface area contributed by atoms with Gasteiger partial charge in [0.2, 0.25) is 0 Å². The molecule has 40 nitrogen and oxygen atoms in total. The number of benzene rings is 10. The van der Waals surface area contributed by atoms with E-state index in [1.807, 2.05) is 14.7 Å². The first-order valence-electron chi connectivity index (χ1n) is 46.1. The fourth-order valence-electron chi connectivity index (χ4n) is 14.7. The van der Waals surface area contributed by atoms with Gasteiger partial charge in [-0.05, 0) is 201 Å². The van der Waals surface area contributed by atoms with Gasteiger partial charge < -0.3 is 79.3 Å². The van der Waals surface area contributed by atoms with Gasteiger partial charge in [0.25, 0.3) is 59.1 Å². The number of nitrogens with one attached hydrogen (secondary N) is 14. The molecule has 0 unspecified atom stereocenters. The smallest absolute Gasteiger partial charge is 0.261 e. The van der Waals surface area contributed by atoms with Crippen LogP contribution in [0.25, 0.3) is 0 Å². The average Bonchev–Trinajstić information content (AvgIpc) is 1.69. The Kier molecular flexibility index (Phi) is 35.5. The molecular weight excluding hydrogens is 2020 g/mol. The van der Waals surface area contributed by atoms with Gasteiger partial charge in [-0.25, -0.2) is 0 Å². The molecule has 764 valence electrons. The predicted octanol–water partition coefficient (Wildman–Crippen LogP) is 16.6. The lowest BCUT2D eigenvalue weighted by molar-refractivity contribution is 0.101. The molecule has 5 aromatic heterocycles. The SMILES string of the molecule is CN=C(N)c1ccc(C(=O)Nc2c(C(=O)Nc3ccc(Cl)cc3)cnn2C)cc1.Cn1ncc(C(=O)Nc2ccc(Cl)cc2)c1NC(=O)c1ccc(C(=N)N)cc1.Cn1ncc(C(=O)Nc2ccc(Cl)cc2)c1NC(=O)c1ccc(C(=N)N2CC2)cc1.Cn1ncc(C(=O)Nc2ccc(Cl)cc2)c1NC(=O)c1ccc(C(=N)N2CCC2)cc1.Cn1ncc(C(=O)Nc2ccc(Cl)cc2)c1NC(=O)c1ccc(C(=N)N2CCCC2)cc1. The molecule has 0 bridgehead atoms. The van der Waals surface area contributed by atoms with Gasteiger partial charge in [0, 0.05) is 191 Å². The topological polar surface area (TPSA) is 549 Å². The highest BCUT2D eigenvalue weighted by Crippen LogP contribution is 2.29. The van der Waals surface area contributed by atoms with Crippen molar-refractivity contribution >= 4 is 204 Å². The number of aryl methyl sites for hydroxylation is 5. The zero-order chi connectivity index (χ0) is 107. The summed E-state index contributed by atoms with van der Waals surface area (Å²) >= 11 is 29.3. The first-order valence-corrected chi connectivity index (χ1v) is 48.0. The van der Waals surface area contributed by atoms with E-state index in [-0.39, 0.29) is 86.4 Å². The second-order valence-corrected chi connectivity index (χ2v) is 35.9. The van der Waals surface area contributed by atoms with Crippen LogP contribution < -0.4 is 64.6 Å². The number of halogens is 5. The van der Waals surface area contributed by atoms with Crippen LogP contribution in [0.4, 0.5) is 57.5 Å². The summed E-state index contributed by atoms with van der Waals surface area (Å²) in [5.74, 6) is -0.848. The molecule has 3 aliphatic heterocycles. The number of aromatic nitrogens is 10. The maximum Gasteiger partial charge on any atom is 0.261 e. The molecule has 150 heavy (non-hydrogen) atoms. The van der Waals surface area contributed by atoms with Crippen LogP contribution in [0.1, 0.15) is 151 Å². The van der Waals surface area contributed by atoms with E-state index in [0.29, 0.717) is 116 Å². The van der Waals surface area contributed by atoms with Crippen LogP contribution >= 0.6 is 58.0 Å². The first kappa shape index (κ1) is 107. The number of carbonyl (C=O) groups is 10. The van der Waals surface area contributed by atoms with Crippen LogP contribution in [-0.2, 0) is 35.2 Å². The lowest BCUT2D eigenvalue weighted by Gasteiger charge is -2.33. The van der Waals surface area contributed by atoms with Crippen LogP contribution in [0.5, 0.6) is 0 Å². The standard InChI is InChI=1S/C23H23ClN6O2.C22H21ClN6O2.C21H19ClN6O2.C20H19ClN6O2.C19H17ClN6O2/c1-29-21(19(14-26-29)23(32)27-18-10-8-17(24)9-11-18)28-22(31)16-6-4-15(5-7-16)20(25)30-12-2-3-13-30;1-28-20(18(13-25-28)22(31)26-17-9-7-16(23)8-10-17)27-21(30)15-5-3-14(4-6-15)19(24)29-11-2-12-29;1-27-19(17(12-24-27)21(30)25-16-8-6-15(22)7-9-16)26-20(29)14-4-2-13(3-5-14)18(23)28-10-11-28;1-23-17(22)12-3-5-13(6-4-12)19(28)26-18-16(11-24-27(18)2)20(29)25-15-9-7-14(21)8-10-15;1-26-17(25-18(27)12-4-2-11(3-5-12)16(21)22)15(10-23-26)19(28)24-14-8-6-13(20)7-9-14/h4-11,14,25H,2-3,12-13H2,1H3,(H,27,32)(H,28,31);3-10,13,24H,2,11-12H2,1H3,(H,26,31)(H,27,30);2-9,12,23H,10-11H2,1H3,(H,25,30)(H,26,29);3-11H,1-2H3,(H2,22,23)(H,25,29)(H,26,28);2-10H,1H3,(H3,21,22)(H,24,28)(H,25,27). The van der Waals surface area contributed by atoms with Crippen LogP contribution in [0.2, 0.25) is 25.1 Å². The number of anilines is 10. The third kappa shape index (κ3) is 28.1. The Labute approximate surface area is 883 Å². The van der Waals surface area contributed by atoms with Crippen LogP contribution in [0, 0.1) is 21.6 Å². The second-order valence-electron chi connectivity index (χ2n) is 33.7. The van der Waals surface area contributed by atoms with Crippen molar-refractivity contribution in [2.45, 2.75) is 19.3 Å². The number of nitrogen functional groups attached to an aromatic ring is 1. The molecule has 15 aromatic rings. The summed E-state index contributed by atoms with van der Waals surface area (Å²) < 4.78 is 7.12. The average molecular weight is 2120 g/mol. The number of nitrogens with two attached hydrogens (primary N) is 2. The zero-order valence-corrected chi connectivity index (χ0v) is 85.0. The molecule has 3 saturated heterocycles. The minimum atomic E-state index is -0.419. The Morgan fingerprint density at radius 3 is 0.607 bits per heavy atom. The van der Waals surface area contributed by atoms with E-state index in [4.69, 9.17) is 91.1 Å². The molecule has 45 heteroatoms. The summed E-state index contributed by atoms with van der Waals surface area (Å²) in [4.78, 5) is 137. The molecule has 18 rings (SSSR count). The lowest BCUT2D eigenvalue weighted by atomic mass is 10.1. The molecule has 10 amide bonds. The monoisotopic (exact) mass is 2110 g/mol. The number of amides is 10. The minimum absolute atomic E-state index is 0.0836. The molecular formula is C105H99Cl5N30O10. The number of hydrogen-bond donors (Lipinski definition) is 16. The van der Waals surface area contributed by atoms with Crippen molar-refractivity contribution in [3.8, 4) is 0 Å². The Bertz CT molecular complexity index is 7590. The number of aliphatic imine (C=N–C) groups is 1. The molecule has 0 spiro atoms. The number of carbonyl (C=O) groups excluding carboxylic acids is 10. The second kappa shape index (κ2) is 49.6. The Balaban J connectivity index is 0.000000148. The highest BCUT2D eigenvalue weighted by atomic mass is 35.5. The normalized spacial score (nSPS) is 12.0. The lowest BCUT2D eigenvalue weighted by Crippen LogP contribution is -2.42. The van der Waals surface area contributed by atoms with Crippen molar-refractivity contribution in [2.24, 2.45) is 51.7 Å². The quantitative estimate of drug-likeness (QED) is 0.0144. The van der Waals surface area contributed by atoms with Gasteiger partial charge in [-0.3, -0.25) is 98.0 Å². The van der Waals surface area contributed by atoms with Gasteiger partial charge in [-0.1, -0.05) is 119 Å². The van der Waals surface area contributed by atoms with Crippen LogP contribution in [0.3, 0.4) is 0 Å². The van der Waals surface area contributed by atoms with Gasteiger partial charge in [-0.2, -0.15) is 25.5 Å². The molecule has 3 fully saturated rings. The van der Waals surface area contributed by atoms with Gasteiger partial charge in [0.15, 0.2) is 0 Å². The highest BCUT2D eigenvalue weighted by Gasteiger charge is 2.29. The van der Waals surface area contributed by atoms with Crippen molar-refractivity contribution in [3.63, 3.8) is 0 Å². The first-order chi connectivity index (χ1) is 72.0. The molecule has 18 N–H and O–H groups in total. The molecule has 10 aromatic carbocycles. The summed E-state index contributed by atoms with van der Waals surface area (Å²) in [6.45, 7) is 5.35. The fraction of sp³-hybridized carbons (Fsp3) is 0.143. The largest absolute Gasteiger partial charge is 0.384 e. The molecule has 0 radical (unpaired) electrons. The summed E-state index contributed by atoms with van der Waals surface area (Å²) in [5, 5.41) is 82.7. The van der Waals surface area contributed by atoms with E-state index in [2.05, 4.69) is 83.7 Å². The van der Waals surface area contributed by atoms with E-state index in [0.717, 1.165) is 75.2 Å². The predicted molar refractivity (Wildman–Crippen MR) is 582 cm³/mol. The number of rotatable bonds is 25. The van der Waals surface area contributed by atoms with E-state index in [1.54, 1.807) is 285 Å². The van der Waals surface area contributed by atoms with E-state index in [9.17, 15) is 47.9 Å². The number of amidine groups is 5. The summed E-state index contributed by atoms with van der Waals surface area (Å²) in [7, 11) is 9.78. The fourth-order valence-corrected chi connectivity index (χ4v) is 15.3. The third-order valence-electron chi connectivity index (χ3n) is 23.3. The summed E-state index contributed by atoms with van der Waals surface area (Å²) in [6.07, 6.45) is 10.3. The molecule has 0 atom stereocenters. The number of nitrogens with zero attached hydrogens (tertiary/aromatic N) is 14. The van der Waals surface area contributed by atoms with Gasteiger partial charge in [0.05, 0.1) is 31.0 Å². The number of hydrogen-bond acceptors (Lipinski definition) is 20. The van der Waals surface area contributed by atoms with Gasteiger partial charge in [0.1, 0.15) is 86.1 Å². The summed E-state index contributed by atoms with van der Waals surface area (Å²) in [6, 6.07) is 67.0. The van der Waals surface area contributed by atoms with Crippen molar-refractivity contribution in [2.75, 3.05) is 99.5 Å². The minimum Gasteiger partial charge on any atom is -0.384 e. The zero-order valence-electron chi connectivity index (χ0n) is 81.2. The Morgan fingerprint density at radius 1 is 0.247 bits per heavy atom. The maximum absolute atomic E-state index is 12.8. The maximum atomic E-state index is 12.8. The summed E-state index contributed by atoms with van der Waals surface area (Å²) in [5.41, 5.74) is 20.8. The van der Waals surface area contributed by atoms with Crippen molar-refractivity contribution in [3.05, 3.63) is 382 Å². The third-order valence-corrected chi connectivity index (χ3v) is 24.6. The molecule has 0 saturated carbocycles. The van der Waals surface area contributed by atoms with Crippen molar-refractivity contribution in [1.82, 2.24) is 63.6 Å². The molecule has 8 heterocycles. The highest BCUT2D eigenvalue weighted by molar-refractivity contribution is 6.32. The van der Waals surface area contributed by atoms with Crippen molar-refractivity contribution in [1.29, 1.82) is 21.6 Å². The Morgan fingerprint density at radius 2 is 0.427 bits per heavy atom. The van der Waals surface area contributed by atoms with E-state index >= 15 is 0 Å². The van der Waals surface area contributed by atoms with Gasteiger partial charge in [-0.15, -0.1) is 0 Å².